The molecule has 2 aliphatic heterocycles. The summed E-state index contributed by atoms with van der Waals surface area (Å²) in [5.74, 6) is 0.114. The lowest BCUT2D eigenvalue weighted by Crippen LogP contribution is -2.43. The molecule has 1 spiro atoms. The topological polar surface area (TPSA) is 74.6 Å². The van der Waals surface area contributed by atoms with Crippen molar-refractivity contribution in [3.8, 4) is 0 Å². The average molecular weight is 473 g/mol. The zero-order valence-corrected chi connectivity index (χ0v) is 21.4. The van der Waals surface area contributed by atoms with E-state index < -0.39 is 5.41 Å². The maximum Gasteiger partial charge on any atom is 0.236 e. The lowest BCUT2D eigenvalue weighted by atomic mass is 9.75. The molecule has 0 N–H and O–H groups in total. The number of likely N-dealkylation sites (tertiary alicyclic amines) is 2. The number of aromatic nitrogens is 3. The highest BCUT2D eigenvalue weighted by molar-refractivity contribution is 7.09. The predicted molar refractivity (Wildman–Crippen MR) is 129 cm³/mol. The van der Waals surface area contributed by atoms with Crippen molar-refractivity contribution in [1.29, 1.82) is 0 Å². The minimum Gasteiger partial charge on any atom is -0.340 e. The van der Waals surface area contributed by atoms with Crippen LogP contribution in [0.1, 0.15) is 62.5 Å². The molecular weight excluding hydrogens is 436 g/mol. The molecule has 2 atom stereocenters. The molecule has 8 nitrogen and oxygen atoms in total. The molecule has 2 amide bonds. The van der Waals surface area contributed by atoms with Gasteiger partial charge in [-0.05, 0) is 48.1 Å². The predicted octanol–water partition coefficient (Wildman–Crippen LogP) is 2.91. The highest BCUT2D eigenvalue weighted by Crippen LogP contribution is 2.50. The van der Waals surface area contributed by atoms with Gasteiger partial charge >= 0.3 is 0 Å². The van der Waals surface area contributed by atoms with Crippen LogP contribution in [0.3, 0.4) is 0 Å². The molecule has 0 bridgehead atoms. The molecular formula is C24H36N6O2S. The zero-order chi connectivity index (χ0) is 23.9. The Hall–Kier alpha value is -2.26. The maximum absolute atomic E-state index is 13.9. The highest BCUT2D eigenvalue weighted by Gasteiger charge is 2.58. The van der Waals surface area contributed by atoms with Gasteiger partial charge in [0.15, 0.2) is 0 Å². The summed E-state index contributed by atoms with van der Waals surface area (Å²) in [5, 5.41) is 3.04. The van der Waals surface area contributed by atoms with E-state index in [2.05, 4.69) is 43.4 Å². The summed E-state index contributed by atoms with van der Waals surface area (Å²) in [5.41, 5.74) is 1.23. The van der Waals surface area contributed by atoms with E-state index in [1.54, 1.807) is 11.3 Å². The van der Waals surface area contributed by atoms with Gasteiger partial charge in [-0.15, -0.1) is 11.3 Å². The number of nitrogens with zero attached hydrogens (tertiary/aromatic N) is 6. The second-order valence-electron chi connectivity index (χ2n) is 10.2. The number of hydrogen-bond acceptors (Lipinski definition) is 6. The number of rotatable bonds is 7. The van der Waals surface area contributed by atoms with Crippen molar-refractivity contribution in [2.45, 2.75) is 65.6 Å². The minimum atomic E-state index is -0.618. The molecule has 9 heteroatoms. The third kappa shape index (κ3) is 4.57. The average Bonchev–Trinajstić information content (AvgIpc) is 3.52. The molecule has 2 fully saturated rings. The molecule has 0 saturated carbocycles. The monoisotopic (exact) mass is 472 g/mol. The molecule has 2 aliphatic rings. The van der Waals surface area contributed by atoms with E-state index in [4.69, 9.17) is 4.98 Å². The van der Waals surface area contributed by atoms with Gasteiger partial charge in [0, 0.05) is 49.2 Å². The zero-order valence-electron chi connectivity index (χ0n) is 20.6. The van der Waals surface area contributed by atoms with Crippen LogP contribution in [0.5, 0.6) is 0 Å². The van der Waals surface area contributed by atoms with E-state index >= 15 is 0 Å². The second kappa shape index (κ2) is 9.18. The number of carbonyl (C=O) groups excluding carboxylic acids is 2. The first-order chi connectivity index (χ1) is 15.6. The van der Waals surface area contributed by atoms with Gasteiger partial charge in [0.2, 0.25) is 11.8 Å². The summed E-state index contributed by atoms with van der Waals surface area (Å²) in [7, 11) is 1.97. The summed E-state index contributed by atoms with van der Waals surface area (Å²) < 4.78 is 2.08. The van der Waals surface area contributed by atoms with Gasteiger partial charge in [0.25, 0.3) is 0 Å². The van der Waals surface area contributed by atoms with E-state index in [-0.39, 0.29) is 23.8 Å². The first-order valence-corrected chi connectivity index (χ1v) is 12.7. The Balaban J connectivity index is 1.61. The van der Waals surface area contributed by atoms with Gasteiger partial charge in [-0.25, -0.2) is 9.97 Å². The third-order valence-electron chi connectivity index (χ3n) is 7.30. The molecule has 2 aromatic heterocycles. The largest absolute Gasteiger partial charge is 0.340 e. The quantitative estimate of drug-likeness (QED) is 0.619. The summed E-state index contributed by atoms with van der Waals surface area (Å²) >= 11 is 1.61. The van der Waals surface area contributed by atoms with Crippen LogP contribution < -0.4 is 0 Å². The van der Waals surface area contributed by atoms with Gasteiger partial charge in [0.1, 0.15) is 0 Å². The minimum absolute atomic E-state index is 0.0812. The fraction of sp³-hybridized carbons (Fsp3) is 0.667. The lowest BCUT2D eigenvalue weighted by Gasteiger charge is -2.28. The van der Waals surface area contributed by atoms with Gasteiger partial charge < -0.3 is 14.4 Å². The molecule has 0 aliphatic carbocycles. The Morgan fingerprint density at radius 1 is 1.33 bits per heavy atom. The normalized spacial score (nSPS) is 23.3. The van der Waals surface area contributed by atoms with E-state index in [0.29, 0.717) is 38.8 Å². The molecule has 0 aromatic carbocycles. The van der Waals surface area contributed by atoms with E-state index in [1.165, 1.54) is 0 Å². The van der Waals surface area contributed by atoms with E-state index in [9.17, 15) is 9.59 Å². The Bertz CT molecular complexity index is 1010. The van der Waals surface area contributed by atoms with Crippen molar-refractivity contribution in [3.63, 3.8) is 0 Å². The summed E-state index contributed by atoms with van der Waals surface area (Å²) in [6.07, 6.45) is 4.64. The van der Waals surface area contributed by atoms with Crippen LogP contribution in [0, 0.1) is 12.3 Å². The molecule has 0 unspecified atom stereocenters. The molecule has 180 valence electrons. The third-order valence-corrected chi connectivity index (χ3v) is 8.12. The number of thiazole rings is 1. The molecule has 4 heterocycles. The summed E-state index contributed by atoms with van der Waals surface area (Å²) in [6.45, 7) is 13.0. The summed E-state index contributed by atoms with van der Waals surface area (Å²) in [4.78, 5) is 42.2. The van der Waals surface area contributed by atoms with E-state index in [0.717, 1.165) is 22.8 Å². The highest BCUT2D eigenvalue weighted by atomic mass is 32.1. The van der Waals surface area contributed by atoms with Crippen LogP contribution in [-0.2, 0) is 16.1 Å². The molecule has 4 rings (SSSR count). The first-order valence-electron chi connectivity index (χ1n) is 11.8. The fourth-order valence-corrected chi connectivity index (χ4v) is 5.55. The van der Waals surface area contributed by atoms with Crippen LogP contribution in [0.4, 0.5) is 0 Å². The number of aryl methyl sites for hydroxylation is 1. The Labute approximate surface area is 200 Å². The van der Waals surface area contributed by atoms with Crippen LogP contribution in [0.2, 0.25) is 0 Å². The number of carbonyl (C=O) groups is 2. The van der Waals surface area contributed by atoms with Crippen molar-refractivity contribution in [3.05, 3.63) is 34.3 Å². The Kier molecular flexibility index (Phi) is 6.64. The molecule has 2 aromatic rings. The number of hydrogen-bond donors (Lipinski definition) is 0. The van der Waals surface area contributed by atoms with Crippen LogP contribution >= 0.6 is 11.3 Å². The van der Waals surface area contributed by atoms with Crippen molar-refractivity contribution >= 4 is 23.2 Å². The maximum atomic E-state index is 13.9. The smallest absolute Gasteiger partial charge is 0.236 e. The van der Waals surface area contributed by atoms with Crippen LogP contribution in [-0.4, -0.2) is 80.3 Å². The fourth-order valence-electron chi connectivity index (χ4n) is 4.94. The molecule has 2 saturated heterocycles. The van der Waals surface area contributed by atoms with Crippen molar-refractivity contribution < 1.29 is 9.59 Å². The molecule has 33 heavy (non-hydrogen) atoms. The Morgan fingerprint density at radius 2 is 2.09 bits per heavy atom. The molecule has 0 radical (unpaired) electrons. The summed E-state index contributed by atoms with van der Waals surface area (Å²) in [6, 6.07) is 0.581. The van der Waals surface area contributed by atoms with Crippen molar-refractivity contribution in [2.75, 3.05) is 33.2 Å². The van der Waals surface area contributed by atoms with Gasteiger partial charge in [-0.2, -0.15) is 0 Å². The number of amides is 2. The Morgan fingerprint density at radius 3 is 2.70 bits per heavy atom. The lowest BCUT2D eigenvalue weighted by molar-refractivity contribution is -0.137. The van der Waals surface area contributed by atoms with Crippen molar-refractivity contribution in [1.82, 2.24) is 29.2 Å². The van der Waals surface area contributed by atoms with Gasteiger partial charge in [0.05, 0.1) is 41.2 Å². The standard InChI is InChI=1S/C24H36N6O2S/c1-16(2)27(6)12-22(31)29-10-20(21-11-30(15-25-21)17(3)4)24(14-29)7-8-28(23(24)32)9-19-13-33-18(5)26-19/h11,13,15-17,20H,7-10,12,14H2,1-6H3/t20-,24+/m0/s1. The van der Waals surface area contributed by atoms with Gasteiger partial charge in [-0.3, -0.25) is 14.5 Å². The SMILES string of the molecule is Cc1nc(CN2CC[C@]3(CN(C(=O)CN(C)C(C)C)C[C@H]3c3cn(C(C)C)cn3)C2=O)cs1. The van der Waals surface area contributed by atoms with Crippen molar-refractivity contribution in [2.24, 2.45) is 5.41 Å². The van der Waals surface area contributed by atoms with E-state index in [1.807, 2.05) is 40.4 Å². The number of likely N-dealkylation sites (N-methyl/N-ethyl adjacent to an activating group) is 1. The van der Waals surface area contributed by atoms with Crippen LogP contribution in [0.15, 0.2) is 17.9 Å². The first kappa shape index (κ1) is 23.9. The second-order valence-corrected chi connectivity index (χ2v) is 11.2. The number of imidazole rings is 1. The van der Waals surface area contributed by atoms with Crippen LogP contribution in [0.25, 0.3) is 0 Å². The van der Waals surface area contributed by atoms with Gasteiger partial charge in [-0.1, -0.05) is 0 Å².